The first-order chi connectivity index (χ1) is 13.4. The number of alkyl carbamates (subject to hydrolysis) is 1. The molecule has 7 nitrogen and oxygen atoms in total. The molecule has 162 valence electrons. The highest BCUT2D eigenvalue weighted by Crippen LogP contribution is 2.65. The third-order valence-corrected chi connectivity index (χ3v) is 7.69. The molecule has 29 heavy (non-hydrogen) atoms. The average molecular weight is 406 g/mol. The molecule has 0 aromatic carbocycles. The van der Waals surface area contributed by atoms with E-state index in [1.807, 2.05) is 4.90 Å². The molecule has 0 radical (unpaired) electrons. The summed E-state index contributed by atoms with van der Waals surface area (Å²) in [5, 5.41) is 2.57. The van der Waals surface area contributed by atoms with Gasteiger partial charge >= 0.3 is 13.2 Å². The van der Waals surface area contributed by atoms with E-state index in [4.69, 9.17) is 14.0 Å². The number of likely N-dealkylation sites (tertiary alicyclic amines) is 1. The fourth-order valence-corrected chi connectivity index (χ4v) is 6.01. The number of ether oxygens (including phenoxy) is 1. The first kappa shape index (κ1) is 21.0. The largest absolute Gasteiger partial charge is 0.481 e. The van der Waals surface area contributed by atoms with Crippen LogP contribution in [0.2, 0.25) is 0 Å². The van der Waals surface area contributed by atoms with Crippen LogP contribution in [0.4, 0.5) is 4.79 Å². The fraction of sp³-hybridized carbons (Fsp3) is 0.905. The van der Waals surface area contributed by atoms with Crippen LogP contribution in [0.1, 0.15) is 67.2 Å². The number of amides is 2. The molecule has 8 heteroatoms. The molecule has 2 saturated heterocycles. The van der Waals surface area contributed by atoms with Gasteiger partial charge in [-0.1, -0.05) is 13.8 Å². The minimum Gasteiger partial charge on any atom is -0.444 e. The van der Waals surface area contributed by atoms with Crippen LogP contribution in [-0.2, 0) is 18.8 Å². The summed E-state index contributed by atoms with van der Waals surface area (Å²) in [7, 11) is -0.381. The van der Waals surface area contributed by atoms with Crippen molar-refractivity contribution in [1.82, 2.24) is 10.2 Å². The number of carbonyl (C=O) groups is 2. The lowest BCUT2D eigenvalue weighted by atomic mass is 9.43. The molecule has 2 heterocycles. The summed E-state index contributed by atoms with van der Waals surface area (Å²) in [5.41, 5.74) is -0.559. The topological polar surface area (TPSA) is 77.1 Å². The summed E-state index contributed by atoms with van der Waals surface area (Å²) in [6.45, 7) is 12.9. The van der Waals surface area contributed by atoms with E-state index in [0.29, 0.717) is 23.8 Å². The van der Waals surface area contributed by atoms with Crippen LogP contribution in [0, 0.1) is 17.3 Å². The average Bonchev–Trinajstić information content (AvgIpc) is 3.20. The standard InChI is InChI=1S/C21H35BN2O5/c1-19(2,3)27-18(26)23-12-17(25)24-9-7-8-16(24)22-28-15-11-13-10-14(20(13,4)5)21(15,6)29-22/h13-16H,7-12H2,1-6H3,(H,23,26)/t13-,14?,15-,16+,21+/m1/s1. The van der Waals surface area contributed by atoms with Crippen molar-refractivity contribution >= 4 is 19.1 Å². The molecular weight excluding hydrogens is 371 g/mol. The van der Waals surface area contributed by atoms with Gasteiger partial charge in [0.25, 0.3) is 0 Å². The zero-order valence-corrected chi connectivity index (χ0v) is 18.6. The number of hydrogen-bond acceptors (Lipinski definition) is 5. The van der Waals surface area contributed by atoms with Crippen molar-refractivity contribution in [3.8, 4) is 0 Å². The normalized spacial score (nSPS) is 37.7. The van der Waals surface area contributed by atoms with Crippen molar-refractivity contribution in [3.63, 3.8) is 0 Å². The van der Waals surface area contributed by atoms with Crippen LogP contribution in [0.25, 0.3) is 0 Å². The molecule has 3 aliphatic carbocycles. The van der Waals surface area contributed by atoms with E-state index in [9.17, 15) is 9.59 Å². The first-order valence-corrected chi connectivity index (χ1v) is 11.0. The fourth-order valence-electron chi connectivity index (χ4n) is 6.01. The summed E-state index contributed by atoms with van der Waals surface area (Å²) >= 11 is 0. The first-order valence-electron chi connectivity index (χ1n) is 11.0. The Hall–Kier alpha value is -1.28. The Balaban J connectivity index is 1.37. The third-order valence-electron chi connectivity index (χ3n) is 7.69. The predicted molar refractivity (Wildman–Crippen MR) is 109 cm³/mol. The number of carbonyl (C=O) groups excluding carboxylic acids is 2. The molecule has 0 aromatic rings. The summed E-state index contributed by atoms with van der Waals surface area (Å²) in [5.74, 6) is 0.997. The molecule has 0 spiro atoms. The van der Waals surface area contributed by atoms with Crippen molar-refractivity contribution in [3.05, 3.63) is 0 Å². The van der Waals surface area contributed by atoms with E-state index >= 15 is 0 Å². The summed E-state index contributed by atoms with van der Waals surface area (Å²) in [6, 6.07) is 0. The van der Waals surface area contributed by atoms with E-state index in [0.717, 1.165) is 19.3 Å². The van der Waals surface area contributed by atoms with Crippen LogP contribution >= 0.6 is 0 Å². The van der Waals surface area contributed by atoms with Crippen LogP contribution in [0.3, 0.4) is 0 Å². The predicted octanol–water partition coefficient (Wildman–Crippen LogP) is 2.77. The molecule has 2 amide bonds. The quantitative estimate of drug-likeness (QED) is 0.730. The van der Waals surface area contributed by atoms with Gasteiger partial charge in [0.15, 0.2) is 0 Å². The minimum atomic E-state index is -0.588. The van der Waals surface area contributed by atoms with Crippen LogP contribution in [0.5, 0.6) is 0 Å². The molecule has 2 aliphatic heterocycles. The monoisotopic (exact) mass is 406 g/mol. The van der Waals surface area contributed by atoms with Gasteiger partial charge in [-0.3, -0.25) is 4.79 Å². The van der Waals surface area contributed by atoms with Gasteiger partial charge in [-0.2, -0.15) is 0 Å². The Bertz CT molecular complexity index is 693. The molecule has 0 aromatic heterocycles. The maximum Gasteiger partial charge on any atom is 0.481 e. The van der Waals surface area contributed by atoms with E-state index in [-0.39, 0.29) is 37.2 Å². The molecule has 1 N–H and O–H groups in total. The molecule has 3 saturated carbocycles. The summed E-state index contributed by atoms with van der Waals surface area (Å²) in [6.07, 6.45) is 3.58. The minimum absolute atomic E-state index is 0.0729. The lowest BCUT2D eigenvalue weighted by Crippen LogP contribution is -2.65. The lowest BCUT2D eigenvalue weighted by Gasteiger charge is -2.64. The Morgan fingerprint density at radius 2 is 1.97 bits per heavy atom. The van der Waals surface area contributed by atoms with E-state index in [2.05, 4.69) is 26.1 Å². The molecule has 5 aliphatic rings. The van der Waals surface area contributed by atoms with Crippen molar-refractivity contribution in [2.75, 3.05) is 13.1 Å². The second kappa shape index (κ2) is 6.87. The zero-order chi connectivity index (χ0) is 21.2. The Labute approximate surface area is 174 Å². The van der Waals surface area contributed by atoms with Crippen LogP contribution in [-0.4, -0.2) is 60.4 Å². The van der Waals surface area contributed by atoms with E-state index in [1.165, 1.54) is 6.42 Å². The van der Waals surface area contributed by atoms with Crippen molar-refractivity contribution in [2.24, 2.45) is 17.3 Å². The van der Waals surface area contributed by atoms with E-state index in [1.54, 1.807) is 20.8 Å². The van der Waals surface area contributed by atoms with Gasteiger partial charge in [-0.25, -0.2) is 4.79 Å². The molecule has 2 bridgehead atoms. The van der Waals surface area contributed by atoms with Gasteiger partial charge in [-0.05, 0) is 70.6 Å². The number of nitrogens with one attached hydrogen (secondary N) is 1. The summed E-state index contributed by atoms with van der Waals surface area (Å²) < 4.78 is 18.2. The maximum atomic E-state index is 12.8. The molecule has 5 fully saturated rings. The van der Waals surface area contributed by atoms with Gasteiger partial charge in [0.1, 0.15) is 12.1 Å². The lowest BCUT2D eigenvalue weighted by molar-refractivity contribution is -0.199. The highest BCUT2D eigenvalue weighted by molar-refractivity contribution is 6.48. The van der Waals surface area contributed by atoms with Gasteiger partial charge in [0, 0.05) is 6.54 Å². The molecular formula is C21H35BN2O5. The van der Waals surface area contributed by atoms with E-state index < -0.39 is 11.7 Å². The van der Waals surface area contributed by atoms with Gasteiger partial charge in [0.05, 0.1) is 17.6 Å². The van der Waals surface area contributed by atoms with Gasteiger partial charge in [-0.15, -0.1) is 0 Å². The molecule has 5 rings (SSSR count). The van der Waals surface area contributed by atoms with Crippen molar-refractivity contribution in [2.45, 2.75) is 90.5 Å². The highest BCUT2D eigenvalue weighted by Gasteiger charge is 2.69. The number of nitrogens with zero attached hydrogens (tertiary/aromatic N) is 1. The van der Waals surface area contributed by atoms with Crippen LogP contribution in [0.15, 0.2) is 0 Å². The number of hydrogen-bond donors (Lipinski definition) is 1. The second-order valence-corrected chi connectivity index (χ2v) is 11.0. The van der Waals surface area contributed by atoms with Crippen molar-refractivity contribution in [1.29, 1.82) is 0 Å². The summed E-state index contributed by atoms with van der Waals surface area (Å²) in [4.78, 5) is 26.5. The maximum absolute atomic E-state index is 12.8. The zero-order valence-electron chi connectivity index (χ0n) is 18.6. The highest BCUT2D eigenvalue weighted by atomic mass is 16.7. The molecule has 5 atom stereocenters. The van der Waals surface area contributed by atoms with Gasteiger partial charge in [0.2, 0.25) is 5.91 Å². The Kier molecular flexibility index (Phi) is 4.97. The third kappa shape index (κ3) is 3.56. The number of rotatable bonds is 3. The second-order valence-electron chi connectivity index (χ2n) is 11.0. The molecule has 1 unspecified atom stereocenters. The smallest absolute Gasteiger partial charge is 0.444 e. The Morgan fingerprint density at radius 3 is 2.62 bits per heavy atom. The SMILES string of the molecule is CC(C)(C)OC(=O)NCC(=O)N1CCC[C@H]1B1O[C@@H]2C[C@H]3CC(C3(C)C)[C@]2(C)O1. The van der Waals surface area contributed by atoms with Crippen LogP contribution < -0.4 is 5.32 Å². The van der Waals surface area contributed by atoms with Gasteiger partial charge < -0.3 is 24.3 Å². The van der Waals surface area contributed by atoms with Crippen molar-refractivity contribution < 1.29 is 23.6 Å². The Morgan fingerprint density at radius 1 is 1.24 bits per heavy atom.